The van der Waals surface area contributed by atoms with E-state index in [2.05, 4.69) is 102 Å². The molecule has 3 aromatic carbocycles. The van der Waals surface area contributed by atoms with Gasteiger partial charge in [-0.05, 0) is 36.1 Å². The normalized spacial score (nSPS) is 19.9. The second kappa shape index (κ2) is 8.98. The van der Waals surface area contributed by atoms with Crippen LogP contribution >= 0.6 is 0 Å². The summed E-state index contributed by atoms with van der Waals surface area (Å²) in [6, 6.07) is 33.4. The molecule has 0 unspecified atom stereocenters. The highest BCUT2D eigenvalue weighted by atomic mass is 15.0. The summed E-state index contributed by atoms with van der Waals surface area (Å²) in [7, 11) is 0. The van der Waals surface area contributed by atoms with Gasteiger partial charge in [0.15, 0.2) is 0 Å². The molecule has 2 atom stereocenters. The van der Waals surface area contributed by atoms with Crippen LogP contribution < -0.4 is 10.6 Å². The summed E-state index contributed by atoms with van der Waals surface area (Å²) in [4.78, 5) is 0. The molecule has 0 radical (unpaired) electrons. The molecular formula is C25H28N2. The summed E-state index contributed by atoms with van der Waals surface area (Å²) in [5, 5.41) is 7.69. The number of nitrogens with one attached hydrogen (secondary N) is 2. The molecule has 2 heteroatoms. The zero-order chi connectivity index (χ0) is 18.3. The van der Waals surface area contributed by atoms with Crippen LogP contribution in [0.3, 0.4) is 0 Å². The summed E-state index contributed by atoms with van der Waals surface area (Å²) in [5.41, 5.74) is 4.11. The predicted octanol–water partition coefficient (Wildman–Crippen LogP) is 4.73. The molecule has 4 rings (SSSR count). The monoisotopic (exact) mass is 356 g/mol. The third-order valence-electron chi connectivity index (χ3n) is 5.59. The minimum absolute atomic E-state index is 0.348. The highest BCUT2D eigenvalue weighted by Crippen LogP contribution is 2.32. The molecule has 0 bridgehead atoms. The van der Waals surface area contributed by atoms with E-state index < -0.39 is 0 Å². The van der Waals surface area contributed by atoms with E-state index in [-0.39, 0.29) is 0 Å². The van der Waals surface area contributed by atoms with Crippen molar-refractivity contribution >= 4 is 0 Å². The molecule has 3 aromatic rings. The van der Waals surface area contributed by atoms with Gasteiger partial charge in [0, 0.05) is 24.5 Å². The lowest BCUT2D eigenvalue weighted by Gasteiger charge is -2.39. The molecule has 2 nitrogen and oxygen atoms in total. The Morgan fingerprint density at radius 1 is 0.778 bits per heavy atom. The van der Waals surface area contributed by atoms with Crippen LogP contribution in [0.4, 0.5) is 0 Å². The van der Waals surface area contributed by atoms with Gasteiger partial charge in [-0.3, -0.25) is 0 Å². The van der Waals surface area contributed by atoms with Crippen molar-refractivity contribution in [1.82, 2.24) is 10.6 Å². The summed E-state index contributed by atoms with van der Waals surface area (Å²) in [6.45, 7) is 2.00. The maximum absolute atomic E-state index is 3.85. The van der Waals surface area contributed by atoms with Gasteiger partial charge in [-0.25, -0.2) is 0 Å². The van der Waals surface area contributed by atoms with Crippen LogP contribution in [-0.2, 0) is 6.54 Å². The minimum atomic E-state index is 0.348. The number of rotatable bonds is 6. The predicted molar refractivity (Wildman–Crippen MR) is 113 cm³/mol. The van der Waals surface area contributed by atoms with Crippen molar-refractivity contribution in [2.24, 2.45) is 0 Å². The van der Waals surface area contributed by atoms with Crippen molar-refractivity contribution in [3.05, 3.63) is 108 Å². The van der Waals surface area contributed by atoms with Crippen LogP contribution in [0.2, 0.25) is 0 Å². The summed E-state index contributed by atoms with van der Waals surface area (Å²) in [5.74, 6) is 0.348. The van der Waals surface area contributed by atoms with Gasteiger partial charge >= 0.3 is 0 Å². The van der Waals surface area contributed by atoms with Gasteiger partial charge in [0.25, 0.3) is 0 Å². The van der Waals surface area contributed by atoms with E-state index >= 15 is 0 Å². The van der Waals surface area contributed by atoms with E-state index in [4.69, 9.17) is 0 Å². The number of benzene rings is 3. The van der Waals surface area contributed by atoms with Crippen LogP contribution in [0.1, 0.15) is 35.4 Å². The average molecular weight is 357 g/mol. The van der Waals surface area contributed by atoms with Gasteiger partial charge in [-0.1, -0.05) is 91.0 Å². The van der Waals surface area contributed by atoms with Gasteiger partial charge in [0.05, 0.1) is 0 Å². The first kappa shape index (κ1) is 18.0. The molecule has 0 saturated carbocycles. The van der Waals surface area contributed by atoms with Gasteiger partial charge in [-0.2, -0.15) is 0 Å². The fourth-order valence-electron chi connectivity index (χ4n) is 4.26. The molecule has 1 heterocycles. The first-order valence-electron chi connectivity index (χ1n) is 10.0. The molecule has 0 aromatic heterocycles. The number of piperidine rings is 1. The van der Waals surface area contributed by atoms with Gasteiger partial charge in [-0.15, -0.1) is 0 Å². The van der Waals surface area contributed by atoms with Crippen LogP contribution in [0, 0.1) is 0 Å². The Kier molecular flexibility index (Phi) is 5.98. The van der Waals surface area contributed by atoms with Crippen LogP contribution in [0.5, 0.6) is 0 Å². The quantitative estimate of drug-likeness (QED) is 0.667. The summed E-state index contributed by atoms with van der Waals surface area (Å²) < 4.78 is 0. The lowest BCUT2D eigenvalue weighted by Crippen LogP contribution is -2.54. The van der Waals surface area contributed by atoms with Gasteiger partial charge in [0.2, 0.25) is 0 Å². The van der Waals surface area contributed by atoms with E-state index in [1.165, 1.54) is 29.5 Å². The minimum Gasteiger partial charge on any atom is -0.311 e. The first-order chi connectivity index (χ1) is 13.4. The van der Waals surface area contributed by atoms with Crippen LogP contribution in [0.15, 0.2) is 91.0 Å². The lowest BCUT2D eigenvalue weighted by atomic mass is 9.79. The van der Waals surface area contributed by atoms with Crippen LogP contribution in [-0.4, -0.2) is 18.6 Å². The van der Waals surface area contributed by atoms with Crippen molar-refractivity contribution < 1.29 is 0 Å². The second-order valence-corrected chi connectivity index (χ2v) is 7.39. The van der Waals surface area contributed by atoms with Crippen LogP contribution in [0.25, 0.3) is 0 Å². The standard InChI is InChI=1S/C25H28N2/c1-4-11-20(12-5-1)19-27-23-17-10-18-26-25(23)24(21-13-6-2-7-14-21)22-15-8-3-9-16-22/h1-9,11-16,23-27H,10,17-19H2/t23-,25+/m0/s1. The van der Waals surface area contributed by atoms with E-state index in [0.29, 0.717) is 18.0 Å². The van der Waals surface area contributed by atoms with E-state index in [1.807, 2.05) is 0 Å². The fraction of sp³-hybridized carbons (Fsp3) is 0.280. The molecule has 1 aliphatic heterocycles. The van der Waals surface area contributed by atoms with Gasteiger partial charge < -0.3 is 10.6 Å². The van der Waals surface area contributed by atoms with Crippen molar-refractivity contribution in [3.8, 4) is 0 Å². The third-order valence-corrected chi connectivity index (χ3v) is 5.59. The fourth-order valence-corrected chi connectivity index (χ4v) is 4.26. The lowest BCUT2D eigenvalue weighted by molar-refractivity contribution is 0.280. The maximum Gasteiger partial charge on any atom is 0.0330 e. The molecule has 1 aliphatic rings. The molecule has 0 aliphatic carbocycles. The number of hydrogen-bond acceptors (Lipinski definition) is 2. The summed E-state index contributed by atoms with van der Waals surface area (Å²) in [6.07, 6.45) is 2.43. The van der Waals surface area contributed by atoms with E-state index in [9.17, 15) is 0 Å². The zero-order valence-electron chi connectivity index (χ0n) is 15.7. The second-order valence-electron chi connectivity index (χ2n) is 7.39. The Bertz CT molecular complexity index is 762. The van der Waals surface area contributed by atoms with E-state index in [0.717, 1.165) is 13.1 Å². The Labute approximate surface area is 162 Å². The molecule has 2 N–H and O–H groups in total. The average Bonchev–Trinajstić information content (AvgIpc) is 2.76. The Morgan fingerprint density at radius 2 is 1.33 bits per heavy atom. The molecular weight excluding hydrogens is 328 g/mol. The number of hydrogen-bond donors (Lipinski definition) is 2. The SMILES string of the molecule is c1ccc(CN[C@H]2CCCN[C@H]2C(c2ccccc2)c2ccccc2)cc1. The molecule has 1 saturated heterocycles. The Morgan fingerprint density at radius 3 is 1.93 bits per heavy atom. The Hall–Kier alpha value is -2.42. The smallest absolute Gasteiger partial charge is 0.0330 e. The molecule has 0 amide bonds. The first-order valence-corrected chi connectivity index (χ1v) is 10.0. The topological polar surface area (TPSA) is 24.1 Å². The van der Waals surface area contributed by atoms with Crippen molar-refractivity contribution in [1.29, 1.82) is 0 Å². The van der Waals surface area contributed by atoms with Gasteiger partial charge in [0.1, 0.15) is 0 Å². The van der Waals surface area contributed by atoms with Crippen molar-refractivity contribution in [2.45, 2.75) is 37.4 Å². The maximum atomic E-state index is 3.85. The van der Waals surface area contributed by atoms with E-state index in [1.54, 1.807) is 0 Å². The molecule has 27 heavy (non-hydrogen) atoms. The molecule has 138 valence electrons. The molecule has 0 spiro atoms. The van der Waals surface area contributed by atoms with Crippen molar-refractivity contribution in [2.75, 3.05) is 6.54 Å². The zero-order valence-corrected chi connectivity index (χ0v) is 15.7. The Balaban J connectivity index is 1.60. The largest absolute Gasteiger partial charge is 0.311 e. The summed E-state index contributed by atoms with van der Waals surface area (Å²) >= 11 is 0. The van der Waals surface area contributed by atoms with Crippen molar-refractivity contribution in [3.63, 3.8) is 0 Å². The highest BCUT2D eigenvalue weighted by molar-refractivity contribution is 5.35. The highest BCUT2D eigenvalue weighted by Gasteiger charge is 2.33. The molecule has 1 fully saturated rings. The third kappa shape index (κ3) is 4.47.